The lowest BCUT2D eigenvalue weighted by Crippen LogP contribution is -2.50. The number of carbonyl (C=O) groups is 2. The van der Waals surface area contributed by atoms with Crippen LogP contribution in [0.2, 0.25) is 0 Å². The van der Waals surface area contributed by atoms with Gasteiger partial charge in [-0.05, 0) is 87.8 Å². The minimum Gasteiger partial charge on any atom is -0.493 e. The third kappa shape index (κ3) is 3.82. The highest BCUT2D eigenvalue weighted by Crippen LogP contribution is 2.62. The number of thiophene rings is 1. The zero-order chi connectivity index (χ0) is 26.8. The molecular formula is C30H36N2O5S. The van der Waals surface area contributed by atoms with Crippen molar-refractivity contribution in [3.05, 3.63) is 45.5 Å². The molecule has 1 atom stereocenters. The van der Waals surface area contributed by atoms with Crippen LogP contribution >= 0.6 is 11.3 Å². The lowest BCUT2D eigenvalue weighted by molar-refractivity contribution is -0.138. The van der Waals surface area contributed by atoms with Crippen LogP contribution in [0.4, 0.5) is 10.7 Å². The largest absolute Gasteiger partial charge is 0.493 e. The molecule has 1 unspecified atom stereocenters. The van der Waals surface area contributed by atoms with Crippen LogP contribution in [0.1, 0.15) is 79.1 Å². The van der Waals surface area contributed by atoms with E-state index < -0.39 is 11.9 Å². The highest BCUT2D eigenvalue weighted by atomic mass is 32.1. The molecule has 3 N–H and O–H groups in total. The fourth-order valence-corrected chi connectivity index (χ4v) is 9.35. The number of allylic oxidation sites excluding steroid dienone is 1. The number of nitrogens with two attached hydrogens (primary N) is 1. The first-order valence-corrected chi connectivity index (χ1v) is 14.4. The van der Waals surface area contributed by atoms with E-state index in [2.05, 4.69) is 5.32 Å². The Balaban J connectivity index is 1.46. The van der Waals surface area contributed by atoms with Crippen molar-refractivity contribution in [3.8, 4) is 11.5 Å². The number of benzene rings is 1. The second-order valence-electron chi connectivity index (χ2n) is 11.5. The SMILES string of the molecule is CCOC(=O)C1=C(C)Nc2sc(C(=O)C34CC5CC(CC(C5)C3)C4)c(N)c2C1c1ccc(OC)c(OC)c1. The topological polar surface area (TPSA) is 99.9 Å². The fourth-order valence-electron chi connectivity index (χ4n) is 8.08. The molecule has 4 bridgehead atoms. The summed E-state index contributed by atoms with van der Waals surface area (Å²) in [6.07, 6.45) is 6.78. The number of anilines is 2. The molecule has 202 valence electrons. The van der Waals surface area contributed by atoms with Gasteiger partial charge < -0.3 is 25.3 Å². The first kappa shape index (κ1) is 25.3. The molecule has 7 nitrogen and oxygen atoms in total. The van der Waals surface area contributed by atoms with Crippen molar-refractivity contribution in [1.29, 1.82) is 0 Å². The second kappa shape index (κ2) is 9.33. The van der Waals surface area contributed by atoms with Gasteiger partial charge in [0.15, 0.2) is 17.3 Å². The lowest BCUT2D eigenvalue weighted by atomic mass is 9.48. The van der Waals surface area contributed by atoms with Crippen LogP contribution in [-0.4, -0.2) is 32.6 Å². The highest BCUT2D eigenvalue weighted by molar-refractivity contribution is 7.19. The molecule has 1 aromatic heterocycles. The zero-order valence-electron chi connectivity index (χ0n) is 22.5. The van der Waals surface area contributed by atoms with E-state index >= 15 is 0 Å². The van der Waals surface area contributed by atoms with E-state index in [0.29, 0.717) is 51.1 Å². The Kier molecular flexibility index (Phi) is 6.21. The van der Waals surface area contributed by atoms with E-state index in [1.165, 1.54) is 30.6 Å². The van der Waals surface area contributed by atoms with Crippen molar-refractivity contribution < 1.29 is 23.8 Å². The summed E-state index contributed by atoms with van der Waals surface area (Å²) >= 11 is 1.44. The molecular weight excluding hydrogens is 500 g/mol. The molecule has 4 aliphatic carbocycles. The number of carbonyl (C=O) groups excluding carboxylic acids is 2. The number of ketones is 1. The first-order chi connectivity index (χ1) is 18.3. The summed E-state index contributed by atoms with van der Waals surface area (Å²) in [7, 11) is 3.18. The zero-order valence-corrected chi connectivity index (χ0v) is 23.3. The third-order valence-electron chi connectivity index (χ3n) is 9.23. The first-order valence-electron chi connectivity index (χ1n) is 13.6. The molecule has 4 saturated carbocycles. The van der Waals surface area contributed by atoms with E-state index in [-0.39, 0.29) is 17.8 Å². The number of ether oxygens (including phenoxy) is 3. The molecule has 0 amide bonds. The minimum absolute atomic E-state index is 0.205. The van der Waals surface area contributed by atoms with Crippen molar-refractivity contribution in [1.82, 2.24) is 0 Å². The Bertz CT molecular complexity index is 1310. The molecule has 1 aliphatic heterocycles. The van der Waals surface area contributed by atoms with E-state index in [1.54, 1.807) is 21.1 Å². The van der Waals surface area contributed by atoms with Crippen LogP contribution in [-0.2, 0) is 9.53 Å². The monoisotopic (exact) mass is 536 g/mol. The average molecular weight is 537 g/mol. The summed E-state index contributed by atoms with van der Waals surface area (Å²) in [5.74, 6) is 2.46. The summed E-state index contributed by atoms with van der Waals surface area (Å²) < 4.78 is 16.5. The number of rotatable bonds is 7. The third-order valence-corrected chi connectivity index (χ3v) is 10.4. The molecule has 38 heavy (non-hydrogen) atoms. The molecule has 1 aromatic carbocycles. The van der Waals surface area contributed by atoms with Crippen molar-refractivity contribution in [3.63, 3.8) is 0 Å². The van der Waals surface area contributed by atoms with Crippen LogP contribution in [0.5, 0.6) is 11.5 Å². The smallest absolute Gasteiger partial charge is 0.336 e. The van der Waals surface area contributed by atoms with Gasteiger partial charge in [0.25, 0.3) is 0 Å². The quantitative estimate of drug-likeness (QED) is 0.324. The summed E-state index contributed by atoms with van der Waals surface area (Å²) in [4.78, 5) is 28.2. The van der Waals surface area contributed by atoms with Gasteiger partial charge in [-0.2, -0.15) is 0 Å². The number of nitrogens with one attached hydrogen (secondary N) is 1. The maximum Gasteiger partial charge on any atom is 0.336 e. The number of fused-ring (bicyclic) bond motifs is 1. The maximum absolute atomic E-state index is 14.3. The van der Waals surface area contributed by atoms with Crippen LogP contribution in [0.25, 0.3) is 0 Å². The Labute approximate surface area is 227 Å². The number of nitrogen functional groups attached to an aromatic ring is 1. The Morgan fingerprint density at radius 3 is 2.26 bits per heavy atom. The van der Waals surface area contributed by atoms with Gasteiger partial charge in [0.1, 0.15) is 0 Å². The van der Waals surface area contributed by atoms with E-state index in [9.17, 15) is 9.59 Å². The summed E-state index contributed by atoms with van der Waals surface area (Å²) in [6.45, 7) is 3.93. The van der Waals surface area contributed by atoms with E-state index in [1.807, 2.05) is 25.1 Å². The van der Waals surface area contributed by atoms with Crippen LogP contribution in [0, 0.1) is 23.2 Å². The summed E-state index contributed by atoms with van der Waals surface area (Å²) in [5.41, 5.74) is 9.87. The molecule has 2 heterocycles. The highest BCUT2D eigenvalue weighted by Gasteiger charge is 2.55. The molecule has 2 aromatic rings. The second-order valence-corrected chi connectivity index (χ2v) is 12.6. The molecule has 5 aliphatic rings. The molecule has 0 radical (unpaired) electrons. The standard InChI is InChI=1S/C30H36N2O5S/c1-5-37-29(34)22-15(2)32-28-24(23(22)19-6-7-20(35-3)21(11-19)36-4)25(31)26(38-28)27(33)30-12-16-8-17(13-30)10-18(9-16)14-30/h6-7,11,16-18,23,32H,5,8-10,12-14,31H2,1-4H3. The van der Waals surface area contributed by atoms with Gasteiger partial charge in [0, 0.05) is 22.6 Å². The van der Waals surface area contributed by atoms with Crippen LogP contribution in [0.15, 0.2) is 29.5 Å². The van der Waals surface area contributed by atoms with Crippen molar-refractivity contribution in [2.45, 2.75) is 58.3 Å². The van der Waals surface area contributed by atoms with Gasteiger partial charge in [-0.3, -0.25) is 4.79 Å². The lowest BCUT2D eigenvalue weighted by Gasteiger charge is -2.55. The number of hydrogen-bond acceptors (Lipinski definition) is 8. The van der Waals surface area contributed by atoms with Gasteiger partial charge in [-0.1, -0.05) is 6.07 Å². The number of esters is 1. The summed E-state index contributed by atoms with van der Waals surface area (Å²) in [6, 6.07) is 5.63. The van der Waals surface area contributed by atoms with Gasteiger partial charge in [-0.15, -0.1) is 11.3 Å². The van der Waals surface area contributed by atoms with Gasteiger partial charge in [0.2, 0.25) is 0 Å². The van der Waals surface area contributed by atoms with E-state index in [4.69, 9.17) is 19.9 Å². The predicted molar refractivity (Wildman–Crippen MR) is 148 cm³/mol. The minimum atomic E-state index is -0.501. The van der Waals surface area contributed by atoms with Crippen LogP contribution < -0.4 is 20.5 Å². The van der Waals surface area contributed by atoms with Crippen LogP contribution in [0.3, 0.4) is 0 Å². The predicted octanol–water partition coefficient (Wildman–Crippen LogP) is 6.14. The van der Waals surface area contributed by atoms with Gasteiger partial charge in [-0.25, -0.2) is 4.79 Å². The van der Waals surface area contributed by atoms with Crippen molar-refractivity contribution in [2.24, 2.45) is 23.2 Å². The van der Waals surface area contributed by atoms with Crippen molar-refractivity contribution >= 4 is 33.8 Å². The number of methoxy groups -OCH3 is 2. The fraction of sp³-hybridized carbons (Fsp3) is 0.533. The maximum atomic E-state index is 14.3. The number of hydrogen-bond donors (Lipinski definition) is 2. The number of Topliss-reactive ketones (excluding diaryl/α,β-unsaturated/α-hetero) is 1. The Morgan fingerprint density at radius 1 is 1.05 bits per heavy atom. The van der Waals surface area contributed by atoms with E-state index in [0.717, 1.165) is 35.4 Å². The normalized spacial score (nSPS) is 29.1. The van der Waals surface area contributed by atoms with Gasteiger partial charge >= 0.3 is 5.97 Å². The molecule has 8 heteroatoms. The molecule has 0 saturated heterocycles. The molecule has 7 rings (SSSR count). The van der Waals surface area contributed by atoms with Crippen molar-refractivity contribution in [2.75, 3.05) is 31.9 Å². The average Bonchev–Trinajstić information content (AvgIpc) is 3.21. The molecule has 0 spiro atoms. The molecule has 4 fully saturated rings. The van der Waals surface area contributed by atoms with Gasteiger partial charge in [0.05, 0.1) is 42.0 Å². The Hall–Kier alpha value is -3.00. The Morgan fingerprint density at radius 2 is 1.68 bits per heavy atom. The summed E-state index contributed by atoms with van der Waals surface area (Å²) in [5, 5.41) is 4.22.